The standard InChI is InChI=1S/C48H33N/c1-30-16-18-32-22-26-41-42-27-23-33-19-17-31(2)29-44(33)48(42)49(47(41)43(32)28-30)36-24-20-35(21-25-36)46-39-14-8-6-12-37(39)45(34-10-4-3-5-11-34)38-13-7-9-15-40(38)46/h3-29H,1-2H3. The van der Waals surface area contributed by atoms with Gasteiger partial charge in [0.15, 0.2) is 0 Å². The fourth-order valence-electron chi connectivity index (χ4n) is 8.25. The van der Waals surface area contributed by atoms with Gasteiger partial charge in [-0.3, -0.25) is 0 Å². The first-order valence-corrected chi connectivity index (χ1v) is 17.1. The highest BCUT2D eigenvalue weighted by Crippen LogP contribution is 2.45. The third-order valence-electron chi connectivity index (χ3n) is 10.4. The van der Waals surface area contributed by atoms with Crippen molar-refractivity contribution < 1.29 is 0 Å². The highest BCUT2D eigenvalue weighted by atomic mass is 15.0. The summed E-state index contributed by atoms with van der Waals surface area (Å²) < 4.78 is 2.52. The van der Waals surface area contributed by atoms with E-state index in [2.05, 4.69) is 182 Å². The van der Waals surface area contributed by atoms with Gasteiger partial charge in [0.25, 0.3) is 0 Å². The molecule has 0 spiro atoms. The number of fused-ring (bicyclic) bond motifs is 9. The molecule has 0 bridgehead atoms. The fraction of sp³-hybridized carbons (Fsp3) is 0.0417. The third kappa shape index (κ3) is 4.19. The molecule has 10 rings (SSSR count). The molecule has 1 aromatic heterocycles. The van der Waals surface area contributed by atoms with Gasteiger partial charge in [0.1, 0.15) is 0 Å². The van der Waals surface area contributed by atoms with Crippen molar-refractivity contribution in [1.29, 1.82) is 0 Å². The van der Waals surface area contributed by atoms with Crippen LogP contribution in [0.15, 0.2) is 164 Å². The summed E-state index contributed by atoms with van der Waals surface area (Å²) in [5.41, 5.74) is 11.3. The maximum atomic E-state index is 2.52. The zero-order valence-electron chi connectivity index (χ0n) is 27.5. The van der Waals surface area contributed by atoms with Crippen LogP contribution in [0.25, 0.3) is 92.8 Å². The molecule has 0 saturated heterocycles. The Kier molecular flexibility index (Phi) is 6.07. The van der Waals surface area contributed by atoms with Gasteiger partial charge in [-0.1, -0.05) is 151 Å². The van der Waals surface area contributed by atoms with E-state index in [0.29, 0.717) is 0 Å². The van der Waals surface area contributed by atoms with Crippen molar-refractivity contribution in [3.8, 4) is 27.9 Å². The minimum absolute atomic E-state index is 1.17. The highest BCUT2D eigenvalue weighted by Gasteiger charge is 2.19. The van der Waals surface area contributed by atoms with Gasteiger partial charge in [-0.2, -0.15) is 0 Å². The second-order valence-electron chi connectivity index (χ2n) is 13.5. The van der Waals surface area contributed by atoms with Gasteiger partial charge in [-0.25, -0.2) is 0 Å². The molecule has 1 nitrogen and oxygen atoms in total. The predicted octanol–water partition coefficient (Wildman–Crippen LogP) is 13.3. The molecule has 9 aromatic carbocycles. The number of hydrogen-bond donors (Lipinski definition) is 0. The van der Waals surface area contributed by atoms with Crippen LogP contribution in [0, 0.1) is 13.8 Å². The van der Waals surface area contributed by atoms with Crippen LogP contribution in [-0.2, 0) is 0 Å². The number of aryl methyl sites for hydroxylation is 2. The Morgan fingerprint density at radius 1 is 0.327 bits per heavy atom. The SMILES string of the molecule is Cc1ccc2ccc3c4ccc5ccc(C)cc5c4n(-c4ccc(-c5c6ccccc6c(-c6ccccc6)c6ccccc56)cc4)c3c2c1. The Morgan fingerprint density at radius 2 is 0.735 bits per heavy atom. The van der Waals surface area contributed by atoms with E-state index < -0.39 is 0 Å². The molecule has 49 heavy (non-hydrogen) atoms. The summed E-state index contributed by atoms with van der Waals surface area (Å²) >= 11 is 0. The molecular formula is C48H33N. The number of nitrogens with zero attached hydrogens (tertiary/aromatic N) is 1. The largest absolute Gasteiger partial charge is 0.308 e. The van der Waals surface area contributed by atoms with Crippen molar-refractivity contribution >= 4 is 64.9 Å². The molecular weight excluding hydrogens is 591 g/mol. The second-order valence-corrected chi connectivity index (χ2v) is 13.5. The van der Waals surface area contributed by atoms with Crippen LogP contribution in [0.3, 0.4) is 0 Å². The van der Waals surface area contributed by atoms with E-state index in [9.17, 15) is 0 Å². The maximum Gasteiger partial charge on any atom is 0.0619 e. The Hall–Kier alpha value is -6.18. The summed E-state index contributed by atoms with van der Waals surface area (Å²) in [6.07, 6.45) is 0. The van der Waals surface area contributed by atoms with Gasteiger partial charge in [-0.15, -0.1) is 0 Å². The molecule has 0 N–H and O–H groups in total. The normalized spacial score (nSPS) is 11.9. The van der Waals surface area contributed by atoms with E-state index in [1.54, 1.807) is 0 Å². The van der Waals surface area contributed by atoms with Gasteiger partial charge in [0.2, 0.25) is 0 Å². The Balaban J connectivity index is 1.27. The molecule has 0 aliphatic heterocycles. The lowest BCUT2D eigenvalue weighted by Gasteiger charge is -2.18. The molecule has 0 radical (unpaired) electrons. The summed E-state index contributed by atoms with van der Waals surface area (Å²) in [6, 6.07) is 60.7. The molecule has 0 fully saturated rings. The summed E-state index contributed by atoms with van der Waals surface area (Å²) in [5, 5.41) is 12.8. The fourth-order valence-corrected chi connectivity index (χ4v) is 8.25. The lowest BCUT2D eigenvalue weighted by Crippen LogP contribution is -1.96. The number of hydrogen-bond acceptors (Lipinski definition) is 0. The van der Waals surface area contributed by atoms with E-state index in [4.69, 9.17) is 0 Å². The van der Waals surface area contributed by atoms with Crippen LogP contribution in [0.5, 0.6) is 0 Å². The van der Waals surface area contributed by atoms with E-state index >= 15 is 0 Å². The smallest absolute Gasteiger partial charge is 0.0619 e. The zero-order valence-corrected chi connectivity index (χ0v) is 27.5. The highest BCUT2D eigenvalue weighted by molar-refractivity contribution is 6.24. The Morgan fingerprint density at radius 3 is 1.20 bits per heavy atom. The molecule has 1 heteroatoms. The van der Waals surface area contributed by atoms with Crippen LogP contribution in [0.2, 0.25) is 0 Å². The summed E-state index contributed by atoms with van der Waals surface area (Å²) in [4.78, 5) is 0. The van der Waals surface area contributed by atoms with Crippen LogP contribution in [-0.4, -0.2) is 4.57 Å². The maximum absolute atomic E-state index is 2.52. The Bertz CT molecular complexity index is 2770. The first kappa shape index (κ1) is 27.9. The van der Waals surface area contributed by atoms with Gasteiger partial charge >= 0.3 is 0 Å². The molecule has 0 atom stereocenters. The first-order valence-electron chi connectivity index (χ1n) is 17.1. The second kappa shape index (κ2) is 10.7. The Labute approximate surface area is 285 Å². The zero-order chi connectivity index (χ0) is 32.6. The molecule has 0 aliphatic carbocycles. The van der Waals surface area contributed by atoms with Crippen molar-refractivity contribution in [3.63, 3.8) is 0 Å². The van der Waals surface area contributed by atoms with Gasteiger partial charge in [-0.05, 0) is 92.7 Å². The van der Waals surface area contributed by atoms with Gasteiger partial charge in [0.05, 0.1) is 11.0 Å². The van der Waals surface area contributed by atoms with E-state index in [-0.39, 0.29) is 0 Å². The molecule has 0 unspecified atom stereocenters. The average molecular weight is 624 g/mol. The molecule has 0 aliphatic rings. The molecule has 230 valence electrons. The van der Waals surface area contributed by atoms with E-state index in [1.165, 1.54) is 104 Å². The van der Waals surface area contributed by atoms with E-state index in [0.717, 1.165) is 0 Å². The van der Waals surface area contributed by atoms with Crippen LogP contribution < -0.4 is 0 Å². The monoisotopic (exact) mass is 623 g/mol. The van der Waals surface area contributed by atoms with Gasteiger partial charge in [0, 0.05) is 27.2 Å². The molecule has 1 heterocycles. The van der Waals surface area contributed by atoms with Crippen LogP contribution >= 0.6 is 0 Å². The number of rotatable bonds is 3. The van der Waals surface area contributed by atoms with E-state index in [1.807, 2.05) is 0 Å². The minimum atomic E-state index is 1.17. The molecule has 0 saturated carbocycles. The number of aromatic nitrogens is 1. The lowest BCUT2D eigenvalue weighted by atomic mass is 9.86. The lowest BCUT2D eigenvalue weighted by molar-refractivity contribution is 1.19. The van der Waals surface area contributed by atoms with Crippen molar-refractivity contribution in [1.82, 2.24) is 4.57 Å². The summed E-state index contributed by atoms with van der Waals surface area (Å²) in [6.45, 7) is 4.38. The van der Waals surface area contributed by atoms with Crippen LogP contribution in [0.1, 0.15) is 11.1 Å². The summed E-state index contributed by atoms with van der Waals surface area (Å²) in [5.74, 6) is 0. The van der Waals surface area contributed by atoms with Crippen molar-refractivity contribution in [2.45, 2.75) is 13.8 Å². The molecule has 10 aromatic rings. The minimum Gasteiger partial charge on any atom is -0.308 e. The van der Waals surface area contributed by atoms with Crippen molar-refractivity contribution in [2.75, 3.05) is 0 Å². The van der Waals surface area contributed by atoms with Crippen molar-refractivity contribution in [2.24, 2.45) is 0 Å². The summed E-state index contributed by atoms with van der Waals surface area (Å²) in [7, 11) is 0. The third-order valence-corrected chi connectivity index (χ3v) is 10.4. The average Bonchev–Trinajstić information content (AvgIpc) is 3.50. The topological polar surface area (TPSA) is 4.93 Å². The number of benzene rings is 9. The van der Waals surface area contributed by atoms with Crippen LogP contribution in [0.4, 0.5) is 0 Å². The first-order chi connectivity index (χ1) is 24.1. The van der Waals surface area contributed by atoms with Crippen molar-refractivity contribution in [3.05, 3.63) is 175 Å². The van der Waals surface area contributed by atoms with Gasteiger partial charge < -0.3 is 4.57 Å². The predicted molar refractivity (Wildman–Crippen MR) is 211 cm³/mol. The quantitative estimate of drug-likeness (QED) is 0.173. The molecule has 0 amide bonds.